The molecule has 5 rings (SSSR count). The molecule has 35 heavy (non-hydrogen) atoms. The fourth-order valence-electron chi connectivity index (χ4n) is 4.08. The van der Waals surface area contributed by atoms with Crippen molar-refractivity contribution in [1.82, 2.24) is 30.5 Å². The number of benzene rings is 2. The summed E-state index contributed by atoms with van der Waals surface area (Å²) in [5, 5.41) is 12.8. The van der Waals surface area contributed by atoms with Crippen LogP contribution in [-0.4, -0.2) is 48.9 Å². The van der Waals surface area contributed by atoms with Gasteiger partial charge in [-0.1, -0.05) is 60.3 Å². The van der Waals surface area contributed by atoms with Gasteiger partial charge in [0.05, 0.1) is 5.75 Å². The lowest BCUT2D eigenvalue weighted by Crippen LogP contribution is -2.49. The van der Waals surface area contributed by atoms with Crippen molar-refractivity contribution in [2.24, 2.45) is 0 Å². The molecule has 2 aromatic carbocycles. The third-order valence-corrected chi connectivity index (χ3v) is 7.13. The van der Waals surface area contributed by atoms with Gasteiger partial charge < -0.3 is 5.32 Å². The minimum Gasteiger partial charge on any atom is -0.322 e. The number of rotatable bonds is 9. The zero-order valence-electron chi connectivity index (χ0n) is 19.3. The van der Waals surface area contributed by atoms with E-state index in [1.807, 2.05) is 65.2 Å². The second kappa shape index (κ2) is 9.53. The van der Waals surface area contributed by atoms with Crippen LogP contribution in [0.15, 0.2) is 65.8 Å². The van der Waals surface area contributed by atoms with Crippen molar-refractivity contribution in [3.05, 3.63) is 72.1 Å². The Morgan fingerprint density at radius 1 is 1.09 bits per heavy atom. The standard InChI is InChI=1S/C25H26N6O3S/c1-25(15-14-17-8-4-2-5-9-17)22(33)31(23(34)26-25)29-20(32)16-35-24-28-27-21(18-12-13-18)30(24)19-10-6-3-7-11-19/h2-11,18H,12-16H2,1H3,(H,26,34)(H,29,32)/t25-/m0/s1. The number of hydrogen-bond donors (Lipinski definition) is 2. The molecule has 1 aliphatic heterocycles. The van der Waals surface area contributed by atoms with Gasteiger partial charge in [0.1, 0.15) is 11.4 Å². The second-order valence-electron chi connectivity index (χ2n) is 9.00. The second-order valence-corrected chi connectivity index (χ2v) is 9.94. The molecular weight excluding hydrogens is 464 g/mol. The number of nitrogens with zero attached hydrogens (tertiary/aromatic N) is 4. The van der Waals surface area contributed by atoms with E-state index >= 15 is 0 Å². The third-order valence-electron chi connectivity index (χ3n) is 6.20. The summed E-state index contributed by atoms with van der Waals surface area (Å²) in [4.78, 5) is 38.2. The maximum atomic E-state index is 13.0. The van der Waals surface area contributed by atoms with Gasteiger partial charge in [0.25, 0.3) is 5.91 Å². The van der Waals surface area contributed by atoms with Gasteiger partial charge in [-0.15, -0.1) is 10.2 Å². The maximum absolute atomic E-state index is 13.0. The Balaban J connectivity index is 1.22. The van der Waals surface area contributed by atoms with Crippen LogP contribution < -0.4 is 10.7 Å². The number of urea groups is 1. The van der Waals surface area contributed by atoms with Gasteiger partial charge in [-0.25, -0.2) is 4.79 Å². The van der Waals surface area contributed by atoms with Crippen molar-refractivity contribution in [2.45, 2.75) is 49.2 Å². The van der Waals surface area contributed by atoms with Crippen LogP contribution in [0.25, 0.3) is 5.69 Å². The lowest BCUT2D eigenvalue weighted by Gasteiger charge is -2.21. The van der Waals surface area contributed by atoms with Gasteiger partial charge >= 0.3 is 6.03 Å². The minimum absolute atomic E-state index is 0.0204. The third kappa shape index (κ3) is 4.93. The van der Waals surface area contributed by atoms with Crippen LogP contribution in [0.3, 0.4) is 0 Å². The van der Waals surface area contributed by atoms with Gasteiger partial charge in [-0.05, 0) is 50.3 Å². The van der Waals surface area contributed by atoms with Gasteiger partial charge in [-0.3, -0.25) is 19.6 Å². The van der Waals surface area contributed by atoms with Crippen LogP contribution in [0.2, 0.25) is 0 Å². The molecule has 1 saturated heterocycles. The number of para-hydroxylation sites is 1. The smallest absolute Gasteiger partial charge is 0.322 e. The highest BCUT2D eigenvalue weighted by molar-refractivity contribution is 7.99. The highest BCUT2D eigenvalue weighted by Crippen LogP contribution is 2.41. The first-order valence-corrected chi connectivity index (χ1v) is 12.6. The van der Waals surface area contributed by atoms with Crippen LogP contribution in [-0.2, 0) is 16.0 Å². The normalized spacial score (nSPS) is 19.6. The predicted molar refractivity (Wildman–Crippen MR) is 131 cm³/mol. The summed E-state index contributed by atoms with van der Waals surface area (Å²) in [6, 6.07) is 18.9. The molecule has 1 saturated carbocycles. The molecule has 2 heterocycles. The fraction of sp³-hybridized carbons (Fsp3) is 0.320. The number of aryl methyl sites for hydroxylation is 1. The monoisotopic (exact) mass is 490 g/mol. The molecule has 180 valence electrons. The van der Waals surface area contributed by atoms with Crippen LogP contribution in [0.4, 0.5) is 4.79 Å². The van der Waals surface area contributed by atoms with Crippen molar-refractivity contribution in [2.75, 3.05) is 5.75 Å². The van der Waals surface area contributed by atoms with E-state index in [0.717, 1.165) is 34.9 Å². The Bertz CT molecular complexity index is 1240. The Morgan fingerprint density at radius 2 is 1.77 bits per heavy atom. The topological polar surface area (TPSA) is 109 Å². The summed E-state index contributed by atoms with van der Waals surface area (Å²) >= 11 is 1.22. The number of aromatic nitrogens is 3. The van der Waals surface area contributed by atoms with Crippen molar-refractivity contribution >= 4 is 29.6 Å². The van der Waals surface area contributed by atoms with Gasteiger partial charge in [0.2, 0.25) is 5.91 Å². The van der Waals surface area contributed by atoms with E-state index in [1.165, 1.54) is 11.8 Å². The summed E-state index contributed by atoms with van der Waals surface area (Å²) in [5.41, 5.74) is 3.38. The zero-order chi connectivity index (χ0) is 24.4. The van der Waals surface area contributed by atoms with Crippen molar-refractivity contribution in [3.63, 3.8) is 0 Å². The lowest BCUT2D eigenvalue weighted by atomic mass is 9.93. The molecule has 4 amide bonds. The van der Waals surface area contributed by atoms with Gasteiger partial charge in [0.15, 0.2) is 5.16 Å². The molecule has 1 aromatic heterocycles. The lowest BCUT2D eigenvalue weighted by molar-refractivity contribution is -0.138. The summed E-state index contributed by atoms with van der Waals surface area (Å²) in [6.45, 7) is 1.68. The molecule has 0 unspecified atom stereocenters. The maximum Gasteiger partial charge on any atom is 0.344 e. The first kappa shape index (κ1) is 23.1. The molecule has 1 aliphatic carbocycles. The van der Waals surface area contributed by atoms with Crippen LogP contribution in [0, 0.1) is 0 Å². The van der Waals surface area contributed by atoms with E-state index < -0.39 is 23.4 Å². The number of carbonyl (C=O) groups excluding carboxylic acids is 3. The number of amides is 4. The van der Waals surface area contributed by atoms with E-state index in [9.17, 15) is 14.4 Å². The molecule has 2 N–H and O–H groups in total. The zero-order valence-corrected chi connectivity index (χ0v) is 20.1. The van der Waals surface area contributed by atoms with E-state index in [2.05, 4.69) is 20.9 Å². The van der Waals surface area contributed by atoms with E-state index in [1.54, 1.807) is 6.92 Å². The number of imide groups is 1. The van der Waals surface area contributed by atoms with Crippen molar-refractivity contribution in [1.29, 1.82) is 0 Å². The summed E-state index contributed by atoms with van der Waals surface area (Å²) in [6.07, 6.45) is 3.20. The Kier molecular flexibility index (Phi) is 6.29. The number of thioether (sulfide) groups is 1. The molecule has 0 bridgehead atoms. The SMILES string of the molecule is C[C@@]1(CCc2ccccc2)NC(=O)N(NC(=O)CSc2nnc(C3CC3)n2-c2ccccc2)C1=O. The van der Waals surface area contributed by atoms with Gasteiger partial charge in [-0.2, -0.15) is 5.01 Å². The molecule has 3 aromatic rings. The molecule has 10 heteroatoms. The Labute approximate surface area is 207 Å². The number of hydrogen-bond acceptors (Lipinski definition) is 6. The quantitative estimate of drug-likeness (QED) is 0.352. The number of nitrogens with one attached hydrogen (secondary N) is 2. The molecule has 9 nitrogen and oxygen atoms in total. The summed E-state index contributed by atoms with van der Waals surface area (Å²) in [5.74, 6) is 0.308. The molecule has 2 aliphatic rings. The fourth-order valence-corrected chi connectivity index (χ4v) is 4.83. The first-order valence-electron chi connectivity index (χ1n) is 11.6. The summed E-state index contributed by atoms with van der Waals surface area (Å²) in [7, 11) is 0. The van der Waals surface area contributed by atoms with E-state index in [4.69, 9.17) is 0 Å². The van der Waals surface area contributed by atoms with Gasteiger partial charge in [0, 0.05) is 11.6 Å². The molecule has 2 fully saturated rings. The highest BCUT2D eigenvalue weighted by Gasteiger charge is 2.48. The van der Waals surface area contributed by atoms with E-state index in [-0.39, 0.29) is 5.75 Å². The predicted octanol–water partition coefficient (Wildman–Crippen LogP) is 3.21. The number of carbonyl (C=O) groups is 3. The van der Waals surface area contributed by atoms with Crippen LogP contribution in [0.5, 0.6) is 0 Å². The molecular formula is C25H26N6O3S. The summed E-state index contributed by atoms with van der Waals surface area (Å²) < 4.78 is 1.98. The number of hydrazine groups is 1. The van der Waals surface area contributed by atoms with Crippen molar-refractivity contribution in [3.8, 4) is 5.69 Å². The minimum atomic E-state index is -1.08. The average molecular weight is 491 g/mol. The first-order chi connectivity index (χ1) is 16.9. The Morgan fingerprint density at radius 3 is 2.46 bits per heavy atom. The van der Waals surface area contributed by atoms with Crippen molar-refractivity contribution < 1.29 is 14.4 Å². The molecule has 0 spiro atoms. The van der Waals surface area contributed by atoms with Crippen LogP contribution in [0.1, 0.15) is 43.5 Å². The Hall–Kier alpha value is -3.66. The molecule has 1 atom stereocenters. The highest BCUT2D eigenvalue weighted by atomic mass is 32.2. The molecule has 0 radical (unpaired) electrons. The van der Waals surface area contributed by atoms with E-state index in [0.29, 0.717) is 23.9 Å². The average Bonchev–Trinajstić information content (AvgIpc) is 3.60. The largest absolute Gasteiger partial charge is 0.344 e. The van der Waals surface area contributed by atoms with Crippen LogP contribution >= 0.6 is 11.8 Å².